The maximum absolute atomic E-state index is 14.8. The number of rotatable bonds is 15. The first kappa shape index (κ1) is 47.0. The average Bonchev–Trinajstić information content (AvgIpc) is 3.59. The van der Waals surface area contributed by atoms with Gasteiger partial charge in [0.05, 0.1) is 28.6 Å². The van der Waals surface area contributed by atoms with E-state index in [4.69, 9.17) is 11.2 Å². The topological polar surface area (TPSA) is 188 Å². The Morgan fingerprint density at radius 1 is 1.03 bits per heavy atom. The minimum atomic E-state index is -3.64. The lowest BCUT2D eigenvalue weighted by Gasteiger charge is -2.41. The van der Waals surface area contributed by atoms with E-state index in [1.807, 2.05) is 24.3 Å². The monoisotopic (exact) mass is 837 g/mol. The molecular formula is C44H63N5O9S. The zero-order valence-corrected chi connectivity index (χ0v) is 36.4. The first-order chi connectivity index (χ1) is 27.6. The normalized spacial score (nSPS) is 20.2. The number of carbonyl (C=O) groups excluding carboxylic acids is 6. The molecule has 1 saturated carbocycles. The van der Waals surface area contributed by atoms with Gasteiger partial charge in [-0.15, -0.1) is 18.9 Å². The van der Waals surface area contributed by atoms with Crippen LogP contribution in [0.2, 0.25) is 0 Å². The Balaban J connectivity index is 1.61. The number of sulfone groups is 1. The van der Waals surface area contributed by atoms with Crippen LogP contribution in [0.3, 0.4) is 0 Å². The number of fused-ring (bicyclic) bond motifs is 1. The number of nitrogens with one attached hydrogen (secondary N) is 3. The van der Waals surface area contributed by atoms with Crippen molar-refractivity contribution in [1.29, 1.82) is 0 Å². The van der Waals surface area contributed by atoms with E-state index in [0.717, 1.165) is 30.4 Å². The van der Waals surface area contributed by atoms with Crippen molar-refractivity contribution < 1.29 is 41.9 Å². The van der Waals surface area contributed by atoms with Crippen molar-refractivity contribution in [2.24, 2.45) is 11.3 Å². The second kappa shape index (κ2) is 19.6. The molecule has 324 valence electrons. The van der Waals surface area contributed by atoms with Crippen LogP contribution in [0.5, 0.6) is 0 Å². The quantitative estimate of drug-likeness (QED) is 0.129. The molecule has 1 aliphatic carbocycles. The van der Waals surface area contributed by atoms with E-state index >= 15 is 0 Å². The predicted molar refractivity (Wildman–Crippen MR) is 225 cm³/mol. The van der Waals surface area contributed by atoms with Gasteiger partial charge in [0.1, 0.15) is 12.1 Å². The van der Waals surface area contributed by atoms with Crippen molar-refractivity contribution in [3.05, 3.63) is 48.0 Å². The summed E-state index contributed by atoms with van der Waals surface area (Å²) in [5.74, 6) is -1.73. The number of ketones is 2. The number of hydrogen-bond donors (Lipinski definition) is 3. The summed E-state index contributed by atoms with van der Waals surface area (Å²) in [4.78, 5) is 85.4. The molecule has 59 heavy (non-hydrogen) atoms. The van der Waals surface area contributed by atoms with E-state index in [0.29, 0.717) is 32.4 Å². The van der Waals surface area contributed by atoms with E-state index in [9.17, 15) is 37.2 Å². The molecule has 2 unspecified atom stereocenters. The Morgan fingerprint density at radius 2 is 1.69 bits per heavy atom. The average molecular weight is 838 g/mol. The van der Waals surface area contributed by atoms with Crippen LogP contribution in [-0.4, -0.2) is 108 Å². The third kappa shape index (κ3) is 12.2. The number of urea groups is 1. The fourth-order valence-electron chi connectivity index (χ4n) is 8.04. The number of terminal acetylenes is 1. The second-order valence-electron chi connectivity index (χ2n) is 18.3. The highest BCUT2D eigenvalue weighted by atomic mass is 32.2. The van der Waals surface area contributed by atoms with E-state index in [1.54, 1.807) is 46.4 Å². The number of benzene rings is 1. The Bertz CT molecular complexity index is 1900. The van der Waals surface area contributed by atoms with E-state index in [-0.39, 0.29) is 38.1 Å². The molecule has 0 aromatic heterocycles. The van der Waals surface area contributed by atoms with Gasteiger partial charge in [-0.2, -0.15) is 0 Å². The van der Waals surface area contributed by atoms with Gasteiger partial charge in [0.2, 0.25) is 11.7 Å². The molecule has 4 rings (SSSR count). The molecule has 14 nitrogen and oxygen atoms in total. The van der Waals surface area contributed by atoms with Gasteiger partial charge in [-0.3, -0.25) is 19.2 Å². The summed E-state index contributed by atoms with van der Waals surface area (Å²) in [5.41, 5.74) is 0.180. The SMILES string of the molecule is C#CCCC(CC(=O)[C@@H]1CC(OC(=O)N2CCc3ccccc3C2)CN1C(=O)[C@@H](NC(=O)NC1(CS(=O)(=O)C(C)(C)C)CCCCC1)C(C)(C)C)C(=O)C(=O)NCC=C. The zero-order valence-electron chi connectivity index (χ0n) is 35.6. The van der Waals surface area contributed by atoms with Crippen molar-refractivity contribution in [1.82, 2.24) is 25.8 Å². The number of ether oxygens (including phenoxy) is 1. The molecule has 0 spiro atoms. The van der Waals surface area contributed by atoms with Gasteiger partial charge >= 0.3 is 12.1 Å². The Kier molecular flexibility index (Phi) is 15.6. The highest BCUT2D eigenvalue weighted by molar-refractivity contribution is 7.92. The van der Waals surface area contributed by atoms with Crippen LogP contribution >= 0.6 is 0 Å². The molecule has 2 fully saturated rings. The molecular weight excluding hydrogens is 775 g/mol. The number of nitrogens with zero attached hydrogens (tertiary/aromatic N) is 2. The van der Waals surface area contributed by atoms with Gasteiger partial charge in [-0.05, 0) is 63.0 Å². The van der Waals surface area contributed by atoms with Crippen LogP contribution in [0.25, 0.3) is 0 Å². The highest BCUT2D eigenvalue weighted by Gasteiger charge is 2.48. The largest absolute Gasteiger partial charge is 0.444 e. The Labute approximate surface area is 349 Å². The highest BCUT2D eigenvalue weighted by Crippen LogP contribution is 2.34. The Hall–Kier alpha value is -4.71. The predicted octanol–water partition coefficient (Wildman–Crippen LogP) is 4.64. The van der Waals surface area contributed by atoms with Crippen molar-refractivity contribution >= 4 is 45.3 Å². The van der Waals surface area contributed by atoms with E-state index in [2.05, 4.69) is 28.4 Å². The third-order valence-corrected chi connectivity index (χ3v) is 14.4. The van der Waals surface area contributed by atoms with Crippen molar-refractivity contribution in [3.63, 3.8) is 0 Å². The second-order valence-corrected chi connectivity index (χ2v) is 21.0. The minimum absolute atomic E-state index is 0.0449. The van der Waals surface area contributed by atoms with E-state index < -0.39 is 91.6 Å². The molecule has 5 amide bonds. The van der Waals surface area contributed by atoms with Crippen LogP contribution < -0.4 is 16.0 Å². The summed E-state index contributed by atoms with van der Waals surface area (Å²) >= 11 is 0. The molecule has 2 heterocycles. The summed E-state index contributed by atoms with van der Waals surface area (Å²) in [6.45, 7) is 14.3. The van der Waals surface area contributed by atoms with Crippen LogP contribution in [-0.2, 0) is 46.7 Å². The zero-order chi connectivity index (χ0) is 43.8. The standard InChI is InChI=1S/C44H63N5O9S/c1-9-11-17-31(36(51)38(52)45-23-10-2)25-35(50)34-26-33(58-41(55)48-24-20-30-18-13-14-19-32(30)27-48)28-49(34)39(53)37(42(3,4)5)46-40(54)47-44(21-15-12-16-22-44)29-59(56,57)43(6,7)8/h1,10,13-14,18-19,31,33-34,37H,2,11-12,15-17,20-29H2,3-8H3,(H,45,52)(H2,46,47,54)/t31?,33?,34-,37+/m0/s1. The fraction of sp³-hybridized carbons (Fsp3) is 0.636. The maximum atomic E-state index is 14.8. The maximum Gasteiger partial charge on any atom is 0.410 e. The molecule has 4 atom stereocenters. The number of amides is 5. The van der Waals surface area contributed by atoms with Crippen molar-refractivity contribution in [2.75, 3.05) is 25.4 Å². The van der Waals surface area contributed by atoms with Gasteiger partial charge in [0, 0.05) is 44.8 Å². The van der Waals surface area contributed by atoms with Gasteiger partial charge in [-0.25, -0.2) is 18.0 Å². The molecule has 2 aliphatic heterocycles. The van der Waals surface area contributed by atoms with Crippen LogP contribution in [0.1, 0.15) is 110 Å². The summed E-state index contributed by atoms with van der Waals surface area (Å²) in [7, 11) is -3.64. The van der Waals surface area contributed by atoms with Crippen LogP contribution in [0.15, 0.2) is 36.9 Å². The summed E-state index contributed by atoms with van der Waals surface area (Å²) in [6.07, 6.45) is 9.00. The number of likely N-dealkylation sites (tertiary alicyclic amines) is 1. The minimum Gasteiger partial charge on any atom is -0.444 e. The van der Waals surface area contributed by atoms with E-state index in [1.165, 1.54) is 11.0 Å². The van der Waals surface area contributed by atoms with Crippen molar-refractivity contribution in [2.45, 2.75) is 141 Å². The Morgan fingerprint density at radius 3 is 2.31 bits per heavy atom. The van der Waals surface area contributed by atoms with Gasteiger partial charge in [0.15, 0.2) is 15.6 Å². The molecule has 1 saturated heterocycles. The fourth-order valence-corrected chi connectivity index (χ4v) is 9.56. The molecule has 0 radical (unpaired) electrons. The van der Waals surface area contributed by atoms with Gasteiger partial charge in [-0.1, -0.05) is 70.4 Å². The summed E-state index contributed by atoms with van der Waals surface area (Å²) < 4.78 is 31.8. The van der Waals surface area contributed by atoms with Crippen molar-refractivity contribution in [3.8, 4) is 12.3 Å². The van der Waals surface area contributed by atoms with Crippen LogP contribution in [0.4, 0.5) is 9.59 Å². The molecule has 15 heteroatoms. The molecule has 0 bridgehead atoms. The molecule has 1 aromatic rings. The number of carbonyl (C=O) groups is 6. The number of hydrogen-bond acceptors (Lipinski definition) is 9. The third-order valence-electron chi connectivity index (χ3n) is 11.6. The first-order valence-corrected chi connectivity index (χ1v) is 22.3. The molecule has 3 aliphatic rings. The smallest absolute Gasteiger partial charge is 0.410 e. The molecule has 3 N–H and O–H groups in total. The summed E-state index contributed by atoms with van der Waals surface area (Å²) in [6, 6.07) is 4.71. The van der Waals surface area contributed by atoms with Gasteiger partial charge in [0.25, 0.3) is 5.91 Å². The van der Waals surface area contributed by atoms with Crippen LogP contribution in [0, 0.1) is 23.7 Å². The lowest BCUT2D eigenvalue weighted by molar-refractivity contribution is -0.143. The lowest BCUT2D eigenvalue weighted by Crippen LogP contribution is -2.63. The molecule has 1 aromatic carbocycles. The number of Topliss-reactive ketones (excluding diaryl/α,β-unsaturated/α-hetero) is 2. The lowest BCUT2D eigenvalue weighted by atomic mass is 9.83. The summed E-state index contributed by atoms with van der Waals surface area (Å²) in [5, 5.41) is 8.24. The first-order valence-electron chi connectivity index (χ1n) is 20.6. The van der Waals surface area contributed by atoms with Gasteiger partial charge < -0.3 is 30.5 Å².